The van der Waals surface area contributed by atoms with Crippen molar-refractivity contribution in [2.75, 3.05) is 25.0 Å². The van der Waals surface area contributed by atoms with Crippen LogP contribution in [-0.2, 0) is 23.7 Å². The van der Waals surface area contributed by atoms with Gasteiger partial charge in [-0.15, -0.1) is 0 Å². The summed E-state index contributed by atoms with van der Waals surface area (Å²) in [6.07, 6.45) is -9.52. The molecule has 2 aliphatic rings. The highest BCUT2D eigenvalue weighted by Crippen LogP contribution is 2.39. The molecule has 38 heavy (non-hydrogen) atoms. The first-order chi connectivity index (χ1) is 17.7. The third-order valence-electron chi connectivity index (χ3n) is 7.30. The number of nitrogens with zero attached hydrogens (tertiary/aromatic N) is 1. The van der Waals surface area contributed by atoms with E-state index in [1.807, 2.05) is 0 Å². The second kappa shape index (κ2) is 10.6. The number of piperidine rings is 1. The van der Waals surface area contributed by atoms with E-state index >= 15 is 0 Å². The maximum Gasteiger partial charge on any atom is 0.416 e. The first-order valence-corrected chi connectivity index (χ1v) is 12.2. The molecule has 0 bridgehead atoms. The fourth-order valence-corrected chi connectivity index (χ4v) is 5.00. The number of alkyl halides is 6. The molecule has 0 aromatic heterocycles. The van der Waals surface area contributed by atoms with Crippen LogP contribution in [-0.4, -0.2) is 46.8 Å². The highest BCUT2D eigenvalue weighted by Gasteiger charge is 2.38. The summed E-state index contributed by atoms with van der Waals surface area (Å²) in [6, 6.07) is 6.31. The Labute approximate surface area is 215 Å². The van der Waals surface area contributed by atoms with Crippen LogP contribution < -0.4 is 10.1 Å². The number of benzene rings is 2. The highest BCUT2D eigenvalue weighted by molar-refractivity contribution is 5.71. The van der Waals surface area contributed by atoms with Gasteiger partial charge >= 0.3 is 18.3 Å². The number of anilines is 1. The summed E-state index contributed by atoms with van der Waals surface area (Å²) in [7, 11) is 0. The number of nitrogens with one attached hydrogen (secondary N) is 1. The van der Waals surface area contributed by atoms with Crippen molar-refractivity contribution >= 4 is 11.7 Å². The molecule has 6 nitrogen and oxygen atoms in total. The van der Waals surface area contributed by atoms with E-state index in [0.717, 1.165) is 0 Å². The maximum atomic E-state index is 13.5. The second-order valence-corrected chi connectivity index (χ2v) is 9.87. The lowest BCUT2D eigenvalue weighted by atomic mass is 9.88. The van der Waals surface area contributed by atoms with E-state index in [2.05, 4.69) is 5.32 Å². The summed E-state index contributed by atoms with van der Waals surface area (Å²) in [6.45, 7) is 2.31. The minimum absolute atomic E-state index is 0.0921. The third-order valence-corrected chi connectivity index (χ3v) is 7.30. The van der Waals surface area contributed by atoms with Crippen LogP contribution in [0.15, 0.2) is 36.4 Å². The maximum absolute atomic E-state index is 13.5. The molecule has 0 radical (unpaired) electrons. The number of halogens is 6. The number of ether oxygens (including phenoxy) is 1. The molecule has 0 spiro atoms. The number of fused-ring (bicyclic) bond motifs is 1. The fraction of sp³-hybridized carbons (Fsp3) is 0.500. The summed E-state index contributed by atoms with van der Waals surface area (Å²) in [5, 5.41) is 22.9. The number of aliphatic carboxylic acids is 1. The van der Waals surface area contributed by atoms with E-state index in [0.29, 0.717) is 67.7 Å². The van der Waals surface area contributed by atoms with Crippen LogP contribution >= 0.6 is 0 Å². The Morgan fingerprint density at radius 1 is 1.08 bits per heavy atom. The van der Waals surface area contributed by atoms with Gasteiger partial charge in [0.15, 0.2) is 0 Å². The van der Waals surface area contributed by atoms with E-state index in [4.69, 9.17) is 4.74 Å². The van der Waals surface area contributed by atoms with Crippen LogP contribution in [0.25, 0.3) is 0 Å². The molecule has 3 atom stereocenters. The van der Waals surface area contributed by atoms with Crippen molar-refractivity contribution in [1.29, 1.82) is 0 Å². The Kier molecular flexibility index (Phi) is 7.85. The number of carboxylic acids is 1. The topological polar surface area (TPSA) is 82.0 Å². The molecule has 0 aliphatic carbocycles. The quantitative estimate of drug-likeness (QED) is 0.412. The molecule has 1 fully saturated rings. The largest absolute Gasteiger partial charge is 0.489 e. The summed E-state index contributed by atoms with van der Waals surface area (Å²) in [5.74, 6) is -1.49. The van der Waals surface area contributed by atoms with Crippen molar-refractivity contribution < 1.29 is 46.1 Å². The predicted molar refractivity (Wildman–Crippen MR) is 126 cm³/mol. The summed E-state index contributed by atoms with van der Waals surface area (Å²) in [4.78, 5) is 12.9. The lowest BCUT2D eigenvalue weighted by Gasteiger charge is -2.39. The van der Waals surface area contributed by atoms with Gasteiger partial charge in [0.1, 0.15) is 12.4 Å². The predicted octanol–water partition coefficient (Wildman–Crippen LogP) is 5.56. The standard InChI is InChI=1S/C26H28F6N2O4/c1-14(24(36)37)23(35)16-2-5-22-20(11-16)33-21(13-38-22)15-6-8-34(9-7-15)12-17-10-18(25(27,28)29)3-4-19(17)26(30,31)32/h2-5,10-11,14-15,21,23,33,35H,6-9,12-13H2,1H3,(H,36,37)/t14-,21?,23?/m0/s1. The second-order valence-electron chi connectivity index (χ2n) is 9.87. The molecule has 12 heteroatoms. The monoisotopic (exact) mass is 546 g/mol. The zero-order valence-electron chi connectivity index (χ0n) is 20.4. The molecule has 2 heterocycles. The van der Waals surface area contributed by atoms with Crippen molar-refractivity contribution in [3.8, 4) is 5.75 Å². The Hall–Kier alpha value is -2.99. The van der Waals surface area contributed by atoms with E-state index in [-0.39, 0.29) is 18.5 Å². The molecule has 2 aromatic carbocycles. The first kappa shape index (κ1) is 28.0. The average Bonchev–Trinajstić information content (AvgIpc) is 2.86. The minimum atomic E-state index is -4.76. The number of rotatable bonds is 6. The normalized spacial score (nSPS) is 20.7. The van der Waals surface area contributed by atoms with Crippen LogP contribution in [0.5, 0.6) is 5.75 Å². The van der Waals surface area contributed by atoms with Gasteiger partial charge in [-0.05, 0) is 80.2 Å². The average molecular weight is 547 g/mol. The summed E-state index contributed by atoms with van der Waals surface area (Å²) >= 11 is 0. The molecular formula is C26H28F6N2O4. The highest BCUT2D eigenvalue weighted by atomic mass is 19.4. The van der Waals surface area contributed by atoms with Crippen LogP contribution in [0.2, 0.25) is 0 Å². The number of hydrogen-bond donors (Lipinski definition) is 3. The molecule has 0 saturated carbocycles. The number of aliphatic hydroxyl groups is 1. The van der Waals surface area contributed by atoms with Crippen LogP contribution in [0.4, 0.5) is 32.0 Å². The molecule has 3 N–H and O–H groups in total. The van der Waals surface area contributed by atoms with E-state index in [9.17, 15) is 41.4 Å². The van der Waals surface area contributed by atoms with Gasteiger partial charge in [-0.3, -0.25) is 9.69 Å². The Balaban J connectivity index is 1.41. The van der Waals surface area contributed by atoms with Crippen molar-refractivity contribution in [2.24, 2.45) is 11.8 Å². The molecular weight excluding hydrogens is 518 g/mol. The van der Waals surface area contributed by atoms with Gasteiger partial charge in [0, 0.05) is 6.54 Å². The van der Waals surface area contributed by atoms with Gasteiger partial charge in [-0.2, -0.15) is 26.3 Å². The van der Waals surface area contributed by atoms with Crippen molar-refractivity contribution in [2.45, 2.75) is 50.8 Å². The van der Waals surface area contributed by atoms with E-state index < -0.39 is 47.0 Å². The van der Waals surface area contributed by atoms with Crippen molar-refractivity contribution in [3.63, 3.8) is 0 Å². The van der Waals surface area contributed by atoms with E-state index in [1.54, 1.807) is 23.1 Å². The van der Waals surface area contributed by atoms with Crippen LogP contribution in [0, 0.1) is 11.8 Å². The minimum Gasteiger partial charge on any atom is -0.489 e. The number of carboxylic acid groups (broad SMARTS) is 1. The van der Waals surface area contributed by atoms with Gasteiger partial charge in [0.25, 0.3) is 0 Å². The zero-order chi connectivity index (χ0) is 27.8. The molecule has 208 valence electrons. The van der Waals surface area contributed by atoms with Gasteiger partial charge in [0.2, 0.25) is 0 Å². The first-order valence-electron chi connectivity index (χ1n) is 12.2. The molecule has 4 rings (SSSR count). The SMILES string of the molecule is C[C@H](C(=O)O)C(O)c1ccc2c(c1)NC(C1CCN(Cc3cc(C(F)(F)F)ccc3C(F)(F)F)CC1)CO2. The Morgan fingerprint density at radius 3 is 2.37 bits per heavy atom. The number of aliphatic hydroxyl groups excluding tert-OH is 1. The molecule has 1 saturated heterocycles. The summed E-state index contributed by atoms with van der Waals surface area (Å²) < 4.78 is 85.6. The summed E-state index contributed by atoms with van der Waals surface area (Å²) in [5.41, 5.74) is -1.55. The van der Waals surface area contributed by atoms with Gasteiger partial charge in [0.05, 0.1) is 34.9 Å². The van der Waals surface area contributed by atoms with Crippen LogP contribution in [0.1, 0.15) is 48.1 Å². The van der Waals surface area contributed by atoms with E-state index in [1.165, 1.54) is 6.92 Å². The fourth-order valence-electron chi connectivity index (χ4n) is 5.00. The lowest BCUT2D eigenvalue weighted by Crippen LogP contribution is -2.44. The van der Waals surface area contributed by atoms with Gasteiger partial charge < -0.3 is 20.3 Å². The molecule has 2 unspecified atom stereocenters. The van der Waals surface area contributed by atoms with Crippen molar-refractivity contribution in [1.82, 2.24) is 4.90 Å². The Bertz CT molecular complexity index is 1160. The third kappa shape index (κ3) is 6.17. The number of hydrogen-bond acceptors (Lipinski definition) is 5. The van der Waals surface area contributed by atoms with Crippen LogP contribution in [0.3, 0.4) is 0 Å². The van der Waals surface area contributed by atoms with Gasteiger partial charge in [-0.25, -0.2) is 0 Å². The zero-order valence-corrected chi connectivity index (χ0v) is 20.4. The number of likely N-dealkylation sites (tertiary alicyclic amines) is 1. The molecule has 2 aliphatic heterocycles. The van der Waals surface area contributed by atoms with Crippen molar-refractivity contribution in [3.05, 3.63) is 58.7 Å². The van der Waals surface area contributed by atoms with Gasteiger partial charge in [-0.1, -0.05) is 6.07 Å². The molecule has 0 amide bonds. The molecule has 2 aromatic rings. The number of carbonyl (C=O) groups is 1. The lowest BCUT2D eigenvalue weighted by molar-refractivity contribution is -0.145. The Morgan fingerprint density at radius 2 is 1.76 bits per heavy atom. The smallest absolute Gasteiger partial charge is 0.416 e.